The lowest BCUT2D eigenvalue weighted by Crippen LogP contribution is -2.52. The fourth-order valence-electron chi connectivity index (χ4n) is 2.24. The third-order valence-corrected chi connectivity index (χ3v) is 3.26. The predicted octanol–water partition coefficient (Wildman–Crippen LogP) is 2.08. The van der Waals surface area contributed by atoms with Gasteiger partial charge in [0, 0.05) is 6.61 Å². The molecule has 1 aliphatic heterocycles. The van der Waals surface area contributed by atoms with E-state index in [0.29, 0.717) is 13.2 Å². The van der Waals surface area contributed by atoms with Gasteiger partial charge in [0.2, 0.25) is 0 Å². The van der Waals surface area contributed by atoms with E-state index in [4.69, 9.17) is 9.84 Å². The van der Waals surface area contributed by atoms with Crippen LogP contribution in [0.4, 0.5) is 10.5 Å². The number of carboxylic acids is 1. The summed E-state index contributed by atoms with van der Waals surface area (Å²) in [7, 11) is 0. The molecular weight excluding hydrogens is 260 g/mol. The molecule has 20 heavy (non-hydrogen) atoms. The maximum absolute atomic E-state index is 12.0. The van der Waals surface area contributed by atoms with Crippen molar-refractivity contribution < 1.29 is 19.4 Å². The number of urea groups is 1. The predicted molar refractivity (Wildman–Crippen MR) is 74.0 cm³/mol. The van der Waals surface area contributed by atoms with Crippen molar-refractivity contribution in [3.63, 3.8) is 0 Å². The Hall–Kier alpha value is -2.08. The Morgan fingerprint density at radius 2 is 2.10 bits per heavy atom. The lowest BCUT2D eigenvalue weighted by Gasteiger charge is -2.34. The van der Waals surface area contributed by atoms with Crippen molar-refractivity contribution in [2.45, 2.75) is 25.3 Å². The van der Waals surface area contributed by atoms with E-state index in [0.717, 1.165) is 12.8 Å². The number of para-hydroxylation sites is 1. The van der Waals surface area contributed by atoms with Crippen molar-refractivity contribution in [2.24, 2.45) is 0 Å². The number of carboxylic acid groups (broad SMARTS) is 1. The molecule has 1 atom stereocenters. The van der Waals surface area contributed by atoms with E-state index >= 15 is 0 Å². The fourth-order valence-corrected chi connectivity index (χ4v) is 2.24. The van der Waals surface area contributed by atoms with Gasteiger partial charge in [0.1, 0.15) is 0 Å². The molecule has 1 fully saturated rings. The highest BCUT2D eigenvalue weighted by atomic mass is 16.5. The van der Waals surface area contributed by atoms with E-state index in [9.17, 15) is 9.59 Å². The number of carbonyl (C=O) groups excluding carboxylic acids is 1. The van der Waals surface area contributed by atoms with Crippen LogP contribution in [0.1, 0.15) is 30.1 Å². The molecule has 1 aromatic carbocycles. The first-order chi connectivity index (χ1) is 9.50. The van der Waals surface area contributed by atoms with Crippen LogP contribution in [-0.2, 0) is 4.74 Å². The molecule has 2 amide bonds. The monoisotopic (exact) mass is 278 g/mol. The molecule has 0 aromatic heterocycles. The summed E-state index contributed by atoms with van der Waals surface area (Å²) in [5.74, 6) is -1.08. The molecule has 1 aliphatic rings. The number of aromatic carboxylic acids is 1. The number of hydrogen-bond acceptors (Lipinski definition) is 3. The minimum Gasteiger partial charge on any atom is -0.478 e. The zero-order valence-electron chi connectivity index (χ0n) is 11.3. The van der Waals surface area contributed by atoms with Gasteiger partial charge in [0.25, 0.3) is 0 Å². The minimum absolute atomic E-state index is 0.0627. The largest absolute Gasteiger partial charge is 0.478 e. The molecule has 1 aromatic rings. The number of rotatable bonds is 3. The van der Waals surface area contributed by atoms with Crippen LogP contribution in [0.15, 0.2) is 24.3 Å². The highest BCUT2D eigenvalue weighted by molar-refractivity contribution is 6.00. The number of ether oxygens (including phenoxy) is 1. The zero-order valence-corrected chi connectivity index (χ0v) is 11.3. The highest BCUT2D eigenvalue weighted by Crippen LogP contribution is 2.19. The van der Waals surface area contributed by atoms with Gasteiger partial charge in [-0.2, -0.15) is 0 Å². The van der Waals surface area contributed by atoms with Gasteiger partial charge in [-0.3, -0.25) is 0 Å². The molecule has 6 nitrogen and oxygen atoms in total. The van der Waals surface area contributed by atoms with Crippen molar-refractivity contribution in [1.82, 2.24) is 5.32 Å². The molecule has 3 N–H and O–H groups in total. The average Bonchev–Trinajstić information content (AvgIpc) is 2.39. The Labute approximate surface area is 117 Å². The Kier molecular flexibility index (Phi) is 4.24. The number of nitrogens with one attached hydrogen (secondary N) is 2. The summed E-state index contributed by atoms with van der Waals surface area (Å²) >= 11 is 0. The van der Waals surface area contributed by atoms with Crippen LogP contribution < -0.4 is 10.6 Å². The molecule has 6 heteroatoms. The third-order valence-electron chi connectivity index (χ3n) is 3.26. The third kappa shape index (κ3) is 3.48. The van der Waals surface area contributed by atoms with Gasteiger partial charge in [-0.15, -0.1) is 0 Å². The maximum atomic E-state index is 12.0. The van der Waals surface area contributed by atoms with E-state index in [1.807, 2.05) is 6.92 Å². The van der Waals surface area contributed by atoms with Gasteiger partial charge in [0.05, 0.1) is 23.4 Å². The molecule has 0 bridgehead atoms. The lowest BCUT2D eigenvalue weighted by molar-refractivity contribution is 0.0342. The van der Waals surface area contributed by atoms with E-state index in [2.05, 4.69) is 10.6 Å². The average molecular weight is 278 g/mol. The Balaban J connectivity index is 2.03. The second-order valence-corrected chi connectivity index (χ2v) is 5.15. The van der Waals surface area contributed by atoms with Crippen molar-refractivity contribution >= 4 is 17.7 Å². The standard InChI is InChI=1S/C14H18N2O4/c1-14(7-4-8-20-9-14)16-13(19)15-11-6-3-2-5-10(11)12(17)18/h2-3,5-6H,4,7-9H2,1H3,(H,17,18)(H2,15,16,19). The first-order valence-corrected chi connectivity index (χ1v) is 6.49. The first-order valence-electron chi connectivity index (χ1n) is 6.49. The number of anilines is 1. The zero-order chi connectivity index (χ0) is 14.6. The normalized spacial score (nSPS) is 22.1. The second kappa shape index (κ2) is 5.92. The van der Waals surface area contributed by atoms with E-state index in [1.165, 1.54) is 6.07 Å². The van der Waals surface area contributed by atoms with Gasteiger partial charge < -0.3 is 20.5 Å². The van der Waals surface area contributed by atoms with Crippen LogP contribution in [-0.4, -0.2) is 35.9 Å². The molecule has 108 valence electrons. The summed E-state index contributed by atoms with van der Waals surface area (Å²) in [6.45, 7) is 3.08. The van der Waals surface area contributed by atoms with Crippen LogP contribution in [0.5, 0.6) is 0 Å². The van der Waals surface area contributed by atoms with Crippen molar-refractivity contribution in [3.05, 3.63) is 29.8 Å². The quantitative estimate of drug-likeness (QED) is 0.790. The van der Waals surface area contributed by atoms with Gasteiger partial charge in [-0.1, -0.05) is 12.1 Å². The summed E-state index contributed by atoms with van der Waals surface area (Å²) in [4.78, 5) is 23.1. The van der Waals surface area contributed by atoms with Crippen LogP contribution in [0.2, 0.25) is 0 Å². The molecule has 0 spiro atoms. The van der Waals surface area contributed by atoms with Crippen LogP contribution in [0.3, 0.4) is 0 Å². The highest BCUT2D eigenvalue weighted by Gasteiger charge is 2.29. The number of carbonyl (C=O) groups is 2. The van der Waals surface area contributed by atoms with Crippen LogP contribution in [0.25, 0.3) is 0 Å². The van der Waals surface area contributed by atoms with Gasteiger partial charge in [0.15, 0.2) is 0 Å². The second-order valence-electron chi connectivity index (χ2n) is 5.15. The molecule has 0 radical (unpaired) electrons. The number of benzene rings is 1. The Bertz CT molecular complexity index is 510. The summed E-state index contributed by atoms with van der Waals surface area (Å²) in [5.41, 5.74) is -0.0777. The summed E-state index contributed by atoms with van der Waals surface area (Å²) in [5, 5.41) is 14.5. The topological polar surface area (TPSA) is 87.7 Å². The van der Waals surface area contributed by atoms with Crippen molar-refractivity contribution in [3.8, 4) is 0 Å². The summed E-state index contributed by atoms with van der Waals surface area (Å²) in [6.07, 6.45) is 1.73. The van der Waals surface area contributed by atoms with Crippen molar-refractivity contribution in [1.29, 1.82) is 0 Å². The van der Waals surface area contributed by atoms with Gasteiger partial charge in [-0.25, -0.2) is 9.59 Å². The SMILES string of the molecule is CC1(NC(=O)Nc2ccccc2C(=O)O)CCCOC1. The Morgan fingerprint density at radius 1 is 1.35 bits per heavy atom. The molecule has 1 unspecified atom stereocenters. The maximum Gasteiger partial charge on any atom is 0.337 e. The smallest absolute Gasteiger partial charge is 0.337 e. The minimum atomic E-state index is -1.08. The van der Waals surface area contributed by atoms with E-state index in [-0.39, 0.29) is 11.3 Å². The summed E-state index contributed by atoms with van der Waals surface area (Å²) in [6, 6.07) is 5.87. The lowest BCUT2D eigenvalue weighted by atomic mass is 9.95. The van der Waals surface area contributed by atoms with Crippen molar-refractivity contribution in [2.75, 3.05) is 18.5 Å². The Morgan fingerprint density at radius 3 is 2.75 bits per heavy atom. The molecule has 0 aliphatic carbocycles. The van der Waals surface area contributed by atoms with Crippen LogP contribution in [0, 0.1) is 0 Å². The first kappa shape index (κ1) is 14.3. The van der Waals surface area contributed by atoms with E-state index in [1.54, 1.807) is 18.2 Å². The molecular formula is C14H18N2O4. The van der Waals surface area contributed by atoms with Crippen LogP contribution >= 0.6 is 0 Å². The van der Waals surface area contributed by atoms with E-state index < -0.39 is 17.5 Å². The molecule has 1 heterocycles. The molecule has 0 saturated carbocycles. The number of hydrogen-bond donors (Lipinski definition) is 3. The fraction of sp³-hybridized carbons (Fsp3) is 0.429. The number of amides is 2. The molecule has 2 rings (SSSR count). The molecule has 1 saturated heterocycles. The van der Waals surface area contributed by atoms with Gasteiger partial charge in [-0.05, 0) is 31.9 Å². The summed E-state index contributed by atoms with van der Waals surface area (Å²) < 4.78 is 5.36. The van der Waals surface area contributed by atoms with Gasteiger partial charge >= 0.3 is 12.0 Å².